The Labute approximate surface area is 93.0 Å². The van der Waals surface area contributed by atoms with E-state index in [1.54, 1.807) is 0 Å². The standard InChI is InChI=1S/C11H14N2.C2H6/c1-3-4-10(5-9(2)6-12)11-7-13-8-11;1-2/h3-5,11,13H,2,7-8H2,1H3;1-2H3/b4-3-,10-5+;. The molecule has 0 aromatic carbocycles. The van der Waals surface area contributed by atoms with Gasteiger partial charge >= 0.3 is 0 Å². The molecular formula is C13H20N2. The fourth-order valence-electron chi connectivity index (χ4n) is 1.25. The average molecular weight is 204 g/mol. The molecule has 0 atom stereocenters. The van der Waals surface area contributed by atoms with Crippen molar-refractivity contribution in [2.45, 2.75) is 20.8 Å². The highest BCUT2D eigenvalue weighted by molar-refractivity contribution is 5.38. The number of allylic oxidation sites excluding steroid dienone is 4. The third-order valence-corrected chi connectivity index (χ3v) is 2.10. The summed E-state index contributed by atoms with van der Waals surface area (Å²) in [4.78, 5) is 0. The summed E-state index contributed by atoms with van der Waals surface area (Å²) >= 11 is 0. The minimum atomic E-state index is 0.528. The van der Waals surface area contributed by atoms with Gasteiger partial charge in [-0.05, 0) is 18.6 Å². The maximum absolute atomic E-state index is 8.59. The smallest absolute Gasteiger partial charge is 0.0985 e. The Morgan fingerprint density at radius 1 is 1.47 bits per heavy atom. The van der Waals surface area contributed by atoms with E-state index in [9.17, 15) is 0 Å². The van der Waals surface area contributed by atoms with Gasteiger partial charge in [0.1, 0.15) is 0 Å². The topological polar surface area (TPSA) is 35.8 Å². The maximum atomic E-state index is 8.59. The van der Waals surface area contributed by atoms with E-state index in [0.29, 0.717) is 11.5 Å². The van der Waals surface area contributed by atoms with Crippen LogP contribution in [0, 0.1) is 17.2 Å². The van der Waals surface area contributed by atoms with E-state index >= 15 is 0 Å². The first-order chi connectivity index (χ1) is 7.27. The van der Waals surface area contributed by atoms with Crippen molar-refractivity contribution in [1.29, 1.82) is 5.26 Å². The number of nitrogens with one attached hydrogen (secondary N) is 1. The van der Waals surface area contributed by atoms with Gasteiger partial charge < -0.3 is 5.32 Å². The predicted octanol–water partition coefficient (Wildman–Crippen LogP) is 2.81. The third-order valence-electron chi connectivity index (χ3n) is 2.10. The molecule has 0 radical (unpaired) electrons. The summed E-state index contributed by atoms with van der Waals surface area (Å²) < 4.78 is 0. The molecule has 2 heteroatoms. The van der Waals surface area contributed by atoms with Crippen LogP contribution >= 0.6 is 0 Å². The van der Waals surface area contributed by atoms with Crippen LogP contribution in [0.3, 0.4) is 0 Å². The van der Waals surface area contributed by atoms with Gasteiger partial charge in [-0.2, -0.15) is 5.26 Å². The third kappa shape index (κ3) is 4.62. The van der Waals surface area contributed by atoms with Crippen molar-refractivity contribution in [1.82, 2.24) is 5.32 Å². The molecule has 0 unspecified atom stereocenters. The lowest BCUT2D eigenvalue weighted by atomic mass is 9.92. The molecule has 15 heavy (non-hydrogen) atoms. The second-order valence-corrected chi connectivity index (χ2v) is 3.14. The van der Waals surface area contributed by atoms with E-state index in [4.69, 9.17) is 5.26 Å². The molecule has 82 valence electrons. The molecule has 1 heterocycles. The molecule has 1 saturated heterocycles. The fourth-order valence-corrected chi connectivity index (χ4v) is 1.25. The van der Waals surface area contributed by atoms with Crippen LogP contribution in [-0.4, -0.2) is 13.1 Å². The monoisotopic (exact) mass is 204 g/mol. The average Bonchev–Trinajstić information content (AvgIpc) is 2.18. The summed E-state index contributed by atoms with van der Waals surface area (Å²) in [7, 11) is 0. The Morgan fingerprint density at radius 3 is 2.40 bits per heavy atom. The van der Waals surface area contributed by atoms with Crippen molar-refractivity contribution in [2.75, 3.05) is 13.1 Å². The van der Waals surface area contributed by atoms with Gasteiger partial charge in [0.15, 0.2) is 0 Å². The van der Waals surface area contributed by atoms with Crippen LogP contribution in [-0.2, 0) is 0 Å². The molecule has 0 aliphatic carbocycles. The molecule has 0 bridgehead atoms. The minimum Gasteiger partial charge on any atom is -0.315 e. The lowest BCUT2D eigenvalue weighted by molar-refractivity contribution is 0.405. The molecule has 1 aliphatic rings. The highest BCUT2D eigenvalue weighted by Gasteiger charge is 2.19. The Bertz CT molecular complexity index is 288. The molecule has 2 nitrogen and oxygen atoms in total. The Morgan fingerprint density at radius 2 is 2.07 bits per heavy atom. The lowest BCUT2D eigenvalue weighted by Crippen LogP contribution is -2.42. The zero-order chi connectivity index (χ0) is 11.7. The molecule has 0 saturated carbocycles. The van der Waals surface area contributed by atoms with Crippen LogP contribution in [0.25, 0.3) is 0 Å². The minimum absolute atomic E-state index is 0.528. The van der Waals surface area contributed by atoms with Crippen molar-refractivity contribution in [3.8, 4) is 6.07 Å². The highest BCUT2D eigenvalue weighted by atomic mass is 14.9. The molecule has 1 aliphatic heterocycles. The summed E-state index contributed by atoms with van der Waals surface area (Å²) in [5, 5.41) is 11.8. The lowest BCUT2D eigenvalue weighted by Gasteiger charge is -2.28. The first-order valence-corrected chi connectivity index (χ1v) is 5.42. The summed E-state index contributed by atoms with van der Waals surface area (Å²) in [6.07, 6.45) is 5.91. The zero-order valence-corrected chi connectivity index (χ0v) is 9.88. The van der Waals surface area contributed by atoms with Crippen LogP contribution in [0.5, 0.6) is 0 Å². The number of nitrogens with zero attached hydrogens (tertiary/aromatic N) is 1. The van der Waals surface area contributed by atoms with Gasteiger partial charge in [0.2, 0.25) is 0 Å². The number of hydrogen-bond acceptors (Lipinski definition) is 2. The van der Waals surface area contributed by atoms with E-state index in [2.05, 4.69) is 11.9 Å². The van der Waals surface area contributed by atoms with Crippen LogP contribution in [0.2, 0.25) is 0 Å². The van der Waals surface area contributed by atoms with Gasteiger partial charge in [0, 0.05) is 24.6 Å². The molecule has 0 aromatic heterocycles. The second kappa shape index (κ2) is 8.02. The van der Waals surface area contributed by atoms with Crippen molar-refractivity contribution < 1.29 is 0 Å². The van der Waals surface area contributed by atoms with E-state index in [0.717, 1.165) is 13.1 Å². The van der Waals surface area contributed by atoms with E-state index in [1.165, 1.54) is 5.57 Å². The summed E-state index contributed by atoms with van der Waals surface area (Å²) in [6.45, 7) is 11.6. The SMILES string of the molecule is C=C(C#N)/C=C(\C=C/C)C1CNC1.CC. The zero-order valence-electron chi connectivity index (χ0n) is 9.88. The quantitative estimate of drug-likeness (QED) is 0.567. The summed E-state index contributed by atoms with van der Waals surface area (Å²) in [6, 6.07) is 2.03. The van der Waals surface area contributed by atoms with Crippen molar-refractivity contribution >= 4 is 0 Å². The maximum Gasteiger partial charge on any atom is 0.0985 e. The number of nitriles is 1. The molecule has 1 fully saturated rings. The number of hydrogen-bond donors (Lipinski definition) is 1. The first kappa shape index (κ1) is 13.7. The van der Waals surface area contributed by atoms with Gasteiger partial charge in [-0.3, -0.25) is 0 Å². The first-order valence-electron chi connectivity index (χ1n) is 5.42. The normalized spacial score (nSPS) is 16.3. The van der Waals surface area contributed by atoms with Gasteiger partial charge in [0.25, 0.3) is 0 Å². The fraction of sp³-hybridized carbons (Fsp3) is 0.462. The van der Waals surface area contributed by atoms with Gasteiger partial charge in [-0.15, -0.1) is 0 Å². The predicted molar refractivity (Wildman–Crippen MR) is 65.4 cm³/mol. The Kier molecular flexibility index (Phi) is 7.31. The van der Waals surface area contributed by atoms with Crippen molar-refractivity contribution in [2.24, 2.45) is 5.92 Å². The molecular weight excluding hydrogens is 184 g/mol. The molecule has 0 amide bonds. The second-order valence-electron chi connectivity index (χ2n) is 3.14. The van der Waals surface area contributed by atoms with E-state index < -0.39 is 0 Å². The Hall–Kier alpha value is -1.33. The molecule has 0 aromatic rings. The summed E-state index contributed by atoms with van der Waals surface area (Å²) in [5.41, 5.74) is 1.73. The van der Waals surface area contributed by atoms with Crippen LogP contribution in [0.15, 0.2) is 36.0 Å². The molecule has 1 N–H and O–H groups in total. The van der Waals surface area contributed by atoms with Crippen LogP contribution in [0.4, 0.5) is 0 Å². The highest BCUT2D eigenvalue weighted by Crippen LogP contribution is 2.18. The van der Waals surface area contributed by atoms with Gasteiger partial charge in [-0.1, -0.05) is 32.6 Å². The van der Waals surface area contributed by atoms with Crippen LogP contribution < -0.4 is 5.32 Å². The van der Waals surface area contributed by atoms with Crippen molar-refractivity contribution in [3.05, 3.63) is 36.0 Å². The van der Waals surface area contributed by atoms with Crippen molar-refractivity contribution in [3.63, 3.8) is 0 Å². The van der Waals surface area contributed by atoms with Gasteiger partial charge in [-0.25, -0.2) is 0 Å². The molecule has 1 rings (SSSR count). The van der Waals surface area contributed by atoms with E-state index in [1.807, 2.05) is 45.1 Å². The molecule has 0 spiro atoms. The summed E-state index contributed by atoms with van der Waals surface area (Å²) in [5.74, 6) is 0.557. The number of rotatable bonds is 3. The Balaban J connectivity index is 0.000000921. The van der Waals surface area contributed by atoms with Crippen LogP contribution in [0.1, 0.15) is 20.8 Å². The van der Waals surface area contributed by atoms with E-state index in [-0.39, 0.29) is 0 Å². The largest absolute Gasteiger partial charge is 0.315 e. The van der Waals surface area contributed by atoms with Gasteiger partial charge in [0.05, 0.1) is 6.07 Å².